The third-order valence-corrected chi connectivity index (χ3v) is 5.62. The van der Waals surface area contributed by atoms with E-state index in [-0.39, 0.29) is 12.1 Å². The highest BCUT2D eigenvalue weighted by Gasteiger charge is 2.43. The molecule has 1 aliphatic carbocycles. The lowest BCUT2D eigenvalue weighted by molar-refractivity contribution is -0.0112. The van der Waals surface area contributed by atoms with Gasteiger partial charge in [0.1, 0.15) is 0 Å². The van der Waals surface area contributed by atoms with Crippen LogP contribution in [0.15, 0.2) is 42.7 Å². The van der Waals surface area contributed by atoms with Crippen LogP contribution in [0.2, 0.25) is 0 Å². The Bertz CT molecular complexity index is 686. The minimum atomic E-state index is -0.285. The van der Waals surface area contributed by atoms with Crippen molar-refractivity contribution in [1.29, 1.82) is 0 Å². The van der Waals surface area contributed by atoms with Gasteiger partial charge in [0.05, 0.1) is 18.3 Å². The van der Waals surface area contributed by atoms with E-state index in [9.17, 15) is 5.11 Å². The summed E-state index contributed by atoms with van der Waals surface area (Å²) < 4.78 is 1.93. The van der Waals surface area contributed by atoms with Crippen LogP contribution in [0.3, 0.4) is 0 Å². The molecule has 2 heterocycles. The number of aryl methyl sites for hydroxylation is 1. The van der Waals surface area contributed by atoms with E-state index in [0.717, 1.165) is 38.0 Å². The lowest BCUT2D eigenvalue weighted by atomic mass is 9.82. The van der Waals surface area contributed by atoms with Crippen LogP contribution in [0.1, 0.15) is 30.0 Å². The van der Waals surface area contributed by atoms with Crippen LogP contribution in [0.25, 0.3) is 0 Å². The third-order valence-electron chi connectivity index (χ3n) is 5.62. The highest BCUT2D eigenvalue weighted by molar-refractivity contribution is 5.15. The van der Waals surface area contributed by atoms with Crippen LogP contribution < -0.4 is 5.32 Å². The lowest BCUT2D eigenvalue weighted by Crippen LogP contribution is -2.57. The van der Waals surface area contributed by atoms with Crippen molar-refractivity contribution in [2.75, 3.05) is 19.6 Å². The highest BCUT2D eigenvalue weighted by atomic mass is 16.3. The fraction of sp³-hybridized carbons (Fsp3) is 0.550. The van der Waals surface area contributed by atoms with Crippen LogP contribution in [0.5, 0.6) is 0 Å². The standard InChI is InChI=1S/C20H28N4O/c1-15-12-21-24(13-15)20-18(11-19(20)25)22-17-8-10-23(14-17)9-7-16-5-3-2-4-6-16/h2-6,12-13,17-20,22,25H,7-11,14H2,1H3/t17?,18-,19+,20+/m0/s1. The van der Waals surface area contributed by atoms with Gasteiger partial charge in [0.2, 0.25) is 0 Å². The van der Waals surface area contributed by atoms with Crippen molar-refractivity contribution in [3.8, 4) is 0 Å². The molecule has 5 heteroatoms. The minimum Gasteiger partial charge on any atom is -0.391 e. The van der Waals surface area contributed by atoms with Gasteiger partial charge in [-0.25, -0.2) is 0 Å². The van der Waals surface area contributed by atoms with Gasteiger partial charge in [0.25, 0.3) is 0 Å². The predicted molar refractivity (Wildman–Crippen MR) is 98.5 cm³/mol. The van der Waals surface area contributed by atoms with E-state index in [2.05, 4.69) is 45.6 Å². The molecule has 25 heavy (non-hydrogen) atoms. The van der Waals surface area contributed by atoms with E-state index < -0.39 is 0 Å². The average molecular weight is 340 g/mol. The molecular weight excluding hydrogens is 312 g/mol. The molecule has 4 atom stereocenters. The van der Waals surface area contributed by atoms with Crippen LogP contribution in [0, 0.1) is 6.92 Å². The van der Waals surface area contributed by atoms with Crippen molar-refractivity contribution in [1.82, 2.24) is 20.0 Å². The second-order valence-electron chi connectivity index (χ2n) is 7.59. The van der Waals surface area contributed by atoms with Crippen molar-refractivity contribution >= 4 is 0 Å². The summed E-state index contributed by atoms with van der Waals surface area (Å²) in [6.45, 7) is 5.42. The molecule has 1 aromatic carbocycles. The second-order valence-corrected chi connectivity index (χ2v) is 7.59. The second kappa shape index (κ2) is 7.28. The first-order valence-electron chi connectivity index (χ1n) is 9.40. The molecule has 134 valence electrons. The quantitative estimate of drug-likeness (QED) is 0.842. The monoisotopic (exact) mass is 340 g/mol. The molecule has 0 radical (unpaired) electrons. The summed E-state index contributed by atoms with van der Waals surface area (Å²) in [6, 6.07) is 11.6. The van der Waals surface area contributed by atoms with Crippen LogP contribution >= 0.6 is 0 Å². The number of hydrogen-bond acceptors (Lipinski definition) is 4. The third kappa shape index (κ3) is 3.78. The molecular formula is C20H28N4O. The molecule has 0 bridgehead atoms. The van der Waals surface area contributed by atoms with Crippen molar-refractivity contribution in [2.24, 2.45) is 0 Å². The maximum Gasteiger partial charge on any atom is 0.0932 e. The normalized spacial score (nSPS) is 29.7. The fourth-order valence-corrected chi connectivity index (χ4v) is 4.14. The summed E-state index contributed by atoms with van der Waals surface area (Å²) in [5.74, 6) is 0. The molecule has 2 aromatic rings. The van der Waals surface area contributed by atoms with Crippen molar-refractivity contribution in [2.45, 2.75) is 50.4 Å². The summed E-state index contributed by atoms with van der Waals surface area (Å²) >= 11 is 0. The van der Waals surface area contributed by atoms with Crippen LogP contribution in [-0.4, -0.2) is 57.6 Å². The summed E-state index contributed by atoms with van der Waals surface area (Å²) in [7, 11) is 0. The Balaban J connectivity index is 1.26. The van der Waals surface area contributed by atoms with E-state index in [4.69, 9.17) is 0 Å². The Morgan fingerprint density at radius 3 is 2.84 bits per heavy atom. The van der Waals surface area contributed by atoms with Gasteiger partial charge in [-0.15, -0.1) is 0 Å². The molecule has 1 saturated carbocycles. The average Bonchev–Trinajstić information content (AvgIpc) is 3.22. The van der Waals surface area contributed by atoms with Gasteiger partial charge >= 0.3 is 0 Å². The fourth-order valence-electron chi connectivity index (χ4n) is 4.14. The largest absolute Gasteiger partial charge is 0.391 e. The molecule has 0 amide bonds. The van der Waals surface area contributed by atoms with Gasteiger partial charge in [-0.05, 0) is 43.9 Å². The maximum absolute atomic E-state index is 10.2. The van der Waals surface area contributed by atoms with E-state index >= 15 is 0 Å². The topological polar surface area (TPSA) is 53.3 Å². The number of likely N-dealkylation sites (tertiary alicyclic amines) is 1. The number of hydrogen-bond donors (Lipinski definition) is 2. The van der Waals surface area contributed by atoms with Crippen molar-refractivity contribution < 1.29 is 5.11 Å². The molecule has 4 rings (SSSR count). The Hall–Kier alpha value is -1.69. The Morgan fingerprint density at radius 1 is 1.28 bits per heavy atom. The Kier molecular flexibility index (Phi) is 4.88. The number of aromatic nitrogens is 2. The van der Waals surface area contributed by atoms with E-state index in [0.29, 0.717) is 12.1 Å². The van der Waals surface area contributed by atoms with Gasteiger partial charge < -0.3 is 15.3 Å². The molecule has 5 nitrogen and oxygen atoms in total. The van der Waals surface area contributed by atoms with E-state index in [1.807, 2.05) is 24.0 Å². The minimum absolute atomic E-state index is 0.0760. The van der Waals surface area contributed by atoms with Gasteiger partial charge in [-0.1, -0.05) is 30.3 Å². The number of aliphatic hydroxyl groups is 1. The molecule has 2 fully saturated rings. The number of nitrogens with one attached hydrogen (secondary N) is 1. The molecule has 1 unspecified atom stereocenters. The van der Waals surface area contributed by atoms with Gasteiger partial charge in [0, 0.05) is 31.4 Å². The number of rotatable bonds is 6. The zero-order chi connectivity index (χ0) is 17.2. The number of aliphatic hydroxyl groups excluding tert-OH is 1. The first kappa shape index (κ1) is 16.8. The van der Waals surface area contributed by atoms with E-state index in [1.54, 1.807) is 0 Å². The summed E-state index contributed by atoms with van der Waals surface area (Å²) in [5, 5.41) is 18.3. The van der Waals surface area contributed by atoms with Crippen molar-refractivity contribution in [3.63, 3.8) is 0 Å². The van der Waals surface area contributed by atoms with Gasteiger partial charge in [-0.3, -0.25) is 4.68 Å². The first-order valence-corrected chi connectivity index (χ1v) is 9.40. The SMILES string of the molecule is Cc1cnn([C@H]2[C@H](O)C[C@@H]2NC2CCN(CCc3ccccc3)C2)c1. The summed E-state index contributed by atoms with van der Waals surface area (Å²) in [5.41, 5.74) is 2.56. The maximum atomic E-state index is 10.2. The molecule has 1 aliphatic heterocycles. The smallest absolute Gasteiger partial charge is 0.0932 e. The molecule has 0 spiro atoms. The van der Waals surface area contributed by atoms with Crippen LogP contribution in [-0.2, 0) is 6.42 Å². The number of nitrogens with zero attached hydrogens (tertiary/aromatic N) is 3. The predicted octanol–water partition coefficient (Wildman–Crippen LogP) is 1.77. The van der Waals surface area contributed by atoms with Gasteiger partial charge in [0.15, 0.2) is 0 Å². The Morgan fingerprint density at radius 2 is 2.12 bits per heavy atom. The molecule has 1 aromatic heterocycles. The number of benzene rings is 1. The molecule has 1 saturated heterocycles. The van der Waals surface area contributed by atoms with Gasteiger partial charge in [-0.2, -0.15) is 5.10 Å². The zero-order valence-electron chi connectivity index (χ0n) is 14.9. The zero-order valence-corrected chi connectivity index (χ0v) is 14.9. The van der Waals surface area contributed by atoms with Crippen molar-refractivity contribution in [3.05, 3.63) is 53.9 Å². The van der Waals surface area contributed by atoms with Crippen LogP contribution in [0.4, 0.5) is 0 Å². The molecule has 2 aliphatic rings. The Labute approximate surface area is 149 Å². The van der Waals surface area contributed by atoms with E-state index in [1.165, 1.54) is 12.0 Å². The molecule has 2 N–H and O–H groups in total. The first-order chi connectivity index (χ1) is 12.2. The summed E-state index contributed by atoms with van der Waals surface area (Å²) in [6.07, 6.45) is 6.74. The summed E-state index contributed by atoms with van der Waals surface area (Å²) in [4.78, 5) is 2.55. The highest BCUT2D eigenvalue weighted by Crippen LogP contribution is 2.33. The lowest BCUT2D eigenvalue weighted by Gasteiger charge is -2.43.